The Morgan fingerprint density at radius 2 is 1.68 bits per heavy atom. The van der Waals surface area contributed by atoms with Crippen molar-refractivity contribution in [1.82, 2.24) is 20.5 Å². The number of aliphatic hydroxyl groups is 1. The maximum atomic E-state index is 14.0. The van der Waals surface area contributed by atoms with Gasteiger partial charge in [-0.3, -0.25) is 19.4 Å². The van der Waals surface area contributed by atoms with Crippen molar-refractivity contribution in [3.8, 4) is 5.75 Å². The Kier molecular flexibility index (Phi) is 11.3. The molecule has 3 rings (SSSR count). The number of hydrogen-bond acceptors (Lipinski definition) is 6. The third-order valence-electron chi connectivity index (χ3n) is 6.06. The molecule has 41 heavy (non-hydrogen) atoms. The number of amides is 3. The average Bonchev–Trinajstić information content (AvgIpc) is 2.94. The van der Waals surface area contributed by atoms with Gasteiger partial charge in [0.2, 0.25) is 5.91 Å². The first-order valence-electron chi connectivity index (χ1n) is 13.0. The zero-order chi connectivity index (χ0) is 29.8. The molecule has 9 nitrogen and oxygen atoms in total. The Morgan fingerprint density at radius 3 is 2.34 bits per heavy atom. The molecule has 3 N–H and O–H groups in total. The summed E-state index contributed by atoms with van der Waals surface area (Å²) >= 11 is 0. The normalized spacial score (nSPS) is 12.6. The van der Waals surface area contributed by atoms with Crippen LogP contribution in [0.4, 0.5) is 8.78 Å². The molecular weight excluding hydrogens is 534 g/mol. The number of pyridine rings is 1. The number of nitrogens with zero attached hydrogens (tertiary/aromatic N) is 2. The van der Waals surface area contributed by atoms with Crippen molar-refractivity contribution in [2.45, 2.75) is 44.9 Å². The third-order valence-corrected chi connectivity index (χ3v) is 6.06. The number of halogens is 2. The Labute approximate surface area is 237 Å². The number of nitrogens with one attached hydrogen (secondary N) is 2. The molecule has 0 saturated heterocycles. The highest BCUT2D eigenvalue weighted by molar-refractivity contribution is 5.88. The maximum Gasteiger partial charge on any atom is 0.262 e. The Bertz CT molecular complexity index is 1290. The van der Waals surface area contributed by atoms with Gasteiger partial charge in [-0.25, -0.2) is 8.78 Å². The van der Waals surface area contributed by atoms with Crippen molar-refractivity contribution in [2.24, 2.45) is 0 Å². The minimum atomic E-state index is -3.35. The van der Waals surface area contributed by atoms with Gasteiger partial charge in [-0.05, 0) is 42.2 Å². The molecule has 2 atom stereocenters. The first kappa shape index (κ1) is 31.2. The first-order chi connectivity index (χ1) is 19.5. The molecule has 1 aromatic heterocycles. The fraction of sp³-hybridized carbons (Fsp3) is 0.333. The second kappa shape index (κ2) is 14.8. The summed E-state index contributed by atoms with van der Waals surface area (Å²) < 4.78 is 33.7. The summed E-state index contributed by atoms with van der Waals surface area (Å²) in [4.78, 5) is 43.3. The van der Waals surface area contributed by atoms with Gasteiger partial charge in [0, 0.05) is 25.9 Å². The Hall–Kier alpha value is -4.38. The number of carbonyl (C=O) groups is 3. The highest BCUT2D eigenvalue weighted by Crippen LogP contribution is 2.18. The number of para-hydroxylation sites is 1. The number of ether oxygens (including phenoxy) is 1. The van der Waals surface area contributed by atoms with Gasteiger partial charge >= 0.3 is 0 Å². The predicted octanol–water partition coefficient (Wildman–Crippen LogP) is 2.66. The maximum absolute atomic E-state index is 14.0. The second-order valence-corrected chi connectivity index (χ2v) is 9.77. The largest absolute Gasteiger partial charge is 0.484 e. The molecule has 0 aliphatic carbocycles. The molecule has 0 spiro atoms. The van der Waals surface area contributed by atoms with Crippen LogP contribution in [0.1, 0.15) is 23.6 Å². The summed E-state index contributed by atoms with van der Waals surface area (Å²) in [5.74, 6) is -5.30. The van der Waals surface area contributed by atoms with Crippen molar-refractivity contribution in [1.29, 1.82) is 0 Å². The van der Waals surface area contributed by atoms with E-state index in [2.05, 4.69) is 15.6 Å². The number of alkyl halides is 2. The minimum Gasteiger partial charge on any atom is -0.484 e. The van der Waals surface area contributed by atoms with Crippen LogP contribution in [-0.2, 0) is 27.3 Å². The van der Waals surface area contributed by atoms with Crippen molar-refractivity contribution in [3.63, 3.8) is 0 Å². The second-order valence-electron chi connectivity index (χ2n) is 9.77. The van der Waals surface area contributed by atoms with E-state index in [1.54, 1.807) is 60.8 Å². The van der Waals surface area contributed by atoms with E-state index in [1.807, 2.05) is 19.1 Å². The Morgan fingerprint density at radius 1 is 1.00 bits per heavy atom. The van der Waals surface area contributed by atoms with Gasteiger partial charge in [0.05, 0.1) is 19.1 Å². The SMILES string of the molecule is Cc1ccccc1OCC(=O)NC(Cc1ccccc1)C(O)C(=O)N(CC(=O)NCc1cccnc1)CC(C)(F)F. The van der Waals surface area contributed by atoms with Gasteiger partial charge in [0.1, 0.15) is 5.75 Å². The molecular formula is C30H34F2N4O5. The van der Waals surface area contributed by atoms with Crippen LogP contribution < -0.4 is 15.4 Å². The van der Waals surface area contributed by atoms with E-state index in [0.717, 1.165) is 5.56 Å². The van der Waals surface area contributed by atoms with Crippen LogP contribution in [0.25, 0.3) is 0 Å². The average molecular weight is 569 g/mol. The molecule has 2 unspecified atom stereocenters. The van der Waals surface area contributed by atoms with Crippen molar-refractivity contribution >= 4 is 17.7 Å². The van der Waals surface area contributed by atoms with Crippen LogP contribution in [-0.4, -0.2) is 70.5 Å². The monoisotopic (exact) mass is 568 g/mol. The molecule has 3 aromatic rings. The number of aryl methyl sites for hydroxylation is 1. The standard InChI is InChI=1S/C30H34F2N4O5/c1-21-9-6-7-13-25(21)41-19-27(38)35-24(15-22-10-4-3-5-11-22)28(39)29(40)36(20-30(2,31)32)18-26(37)34-17-23-12-8-14-33-16-23/h3-14,16,24,28,39H,15,17-20H2,1-2H3,(H,34,37)(H,35,38). The lowest BCUT2D eigenvalue weighted by molar-refractivity contribution is -0.149. The van der Waals surface area contributed by atoms with Crippen LogP contribution in [0.5, 0.6) is 5.75 Å². The summed E-state index contributed by atoms with van der Waals surface area (Å²) in [6, 6.07) is 18.1. The minimum absolute atomic E-state index is 0.0212. The molecule has 0 saturated carbocycles. The van der Waals surface area contributed by atoms with E-state index < -0.39 is 55.5 Å². The first-order valence-corrected chi connectivity index (χ1v) is 13.0. The number of aromatic nitrogens is 1. The predicted molar refractivity (Wildman–Crippen MR) is 148 cm³/mol. The van der Waals surface area contributed by atoms with Crippen molar-refractivity contribution < 1.29 is 33.0 Å². The molecule has 11 heteroatoms. The third kappa shape index (κ3) is 10.6. The quantitative estimate of drug-likeness (QED) is 0.275. The smallest absolute Gasteiger partial charge is 0.262 e. The summed E-state index contributed by atoms with van der Waals surface area (Å²) in [5, 5.41) is 16.2. The van der Waals surface area contributed by atoms with Gasteiger partial charge < -0.3 is 25.4 Å². The molecule has 0 aliphatic rings. The molecule has 0 bridgehead atoms. The van der Waals surface area contributed by atoms with Gasteiger partial charge in [0.25, 0.3) is 17.7 Å². The zero-order valence-electron chi connectivity index (χ0n) is 22.9. The van der Waals surface area contributed by atoms with Crippen LogP contribution in [0.15, 0.2) is 79.1 Å². The summed E-state index contributed by atoms with van der Waals surface area (Å²) in [7, 11) is 0. The molecule has 218 valence electrons. The molecule has 1 heterocycles. The highest BCUT2D eigenvalue weighted by Gasteiger charge is 2.36. The van der Waals surface area contributed by atoms with Crippen LogP contribution in [0.2, 0.25) is 0 Å². The molecule has 0 fully saturated rings. The van der Waals surface area contributed by atoms with Gasteiger partial charge in [-0.2, -0.15) is 0 Å². The number of rotatable bonds is 14. The lowest BCUT2D eigenvalue weighted by atomic mass is 10.00. The number of hydrogen-bond donors (Lipinski definition) is 3. The highest BCUT2D eigenvalue weighted by atomic mass is 19.3. The molecule has 0 aliphatic heterocycles. The van der Waals surface area contributed by atoms with Crippen LogP contribution in [0, 0.1) is 6.92 Å². The van der Waals surface area contributed by atoms with Gasteiger partial charge in [-0.15, -0.1) is 0 Å². The zero-order valence-corrected chi connectivity index (χ0v) is 22.9. The molecule has 2 aromatic carbocycles. The topological polar surface area (TPSA) is 121 Å². The fourth-order valence-electron chi connectivity index (χ4n) is 4.06. The number of carbonyl (C=O) groups excluding carboxylic acids is 3. The number of benzene rings is 2. The molecule has 3 amide bonds. The van der Waals surface area contributed by atoms with E-state index >= 15 is 0 Å². The van der Waals surface area contributed by atoms with Crippen molar-refractivity contribution in [2.75, 3.05) is 19.7 Å². The van der Waals surface area contributed by atoms with E-state index in [0.29, 0.717) is 28.7 Å². The van der Waals surface area contributed by atoms with Crippen molar-refractivity contribution in [3.05, 3.63) is 95.8 Å². The summed E-state index contributed by atoms with van der Waals surface area (Å²) in [6.45, 7) is 0.281. The molecule has 0 radical (unpaired) electrons. The van der Waals surface area contributed by atoms with E-state index in [1.165, 1.54) is 6.20 Å². The fourth-order valence-corrected chi connectivity index (χ4v) is 4.06. The lowest BCUT2D eigenvalue weighted by Crippen LogP contribution is -2.56. The van der Waals surface area contributed by atoms with Crippen LogP contribution in [0.3, 0.4) is 0 Å². The van der Waals surface area contributed by atoms with Crippen LogP contribution >= 0.6 is 0 Å². The van der Waals surface area contributed by atoms with Gasteiger partial charge in [0.15, 0.2) is 12.7 Å². The lowest BCUT2D eigenvalue weighted by Gasteiger charge is -2.31. The van der Waals surface area contributed by atoms with E-state index in [9.17, 15) is 28.3 Å². The van der Waals surface area contributed by atoms with Gasteiger partial charge in [-0.1, -0.05) is 54.6 Å². The Balaban J connectivity index is 1.73. The summed E-state index contributed by atoms with van der Waals surface area (Å²) in [6.07, 6.45) is 1.20. The number of aliphatic hydroxyl groups excluding tert-OH is 1. The van der Waals surface area contributed by atoms with E-state index in [-0.39, 0.29) is 13.0 Å². The summed E-state index contributed by atoms with van der Waals surface area (Å²) in [5.41, 5.74) is 2.18. The van der Waals surface area contributed by atoms with E-state index in [4.69, 9.17) is 4.74 Å².